The van der Waals surface area contributed by atoms with Gasteiger partial charge in [0.25, 0.3) is 0 Å². The summed E-state index contributed by atoms with van der Waals surface area (Å²) in [4.78, 5) is 30.8. The van der Waals surface area contributed by atoms with Gasteiger partial charge in [0.15, 0.2) is 0 Å². The lowest BCUT2D eigenvalue weighted by molar-refractivity contribution is -0.127. The number of hydrogen-bond acceptors (Lipinski definition) is 5. The molecular formula is C17H21N3O3S. The van der Waals surface area contributed by atoms with Crippen molar-refractivity contribution in [2.45, 2.75) is 32.6 Å². The van der Waals surface area contributed by atoms with Crippen LogP contribution in [-0.4, -0.2) is 41.3 Å². The Morgan fingerprint density at radius 2 is 2.38 bits per heavy atom. The van der Waals surface area contributed by atoms with E-state index in [2.05, 4.69) is 10.3 Å². The second kappa shape index (κ2) is 7.61. The van der Waals surface area contributed by atoms with Gasteiger partial charge in [-0.05, 0) is 31.2 Å². The lowest BCUT2D eigenvalue weighted by Crippen LogP contribution is -2.31. The highest BCUT2D eigenvalue weighted by molar-refractivity contribution is 7.13. The lowest BCUT2D eigenvalue weighted by Gasteiger charge is -2.15. The zero-order valence-corrected chi connectivity index (χ0v) is 14.5. The second-order valence-corrected chi connectivity index (χ2v) is 6.81. The molecule has 0 aromatic carbocycles. The Morgan fingerprint density at radius 3 is 3.08 bits per heavy atom. The Labute approximate surface area is 144 Å². The van der Waals surface area contributed by atoms with Crippen LogP contribution in [-0.2, 0) is 16.0 Å². The van der Waals surface area contributed by atoms with Gasteiger partial charge in [0.1, 0.15) is 5.76 Å². The summed E-state index contributed by atoms with van der Waals surface area (Å²) in [5, 5.41) is 4.85. The number of carbonyl (C=O) groups is 2. The summed E-state index contributed by atoms with van der Waals surface area (Å²) in [6.45, 7) is 3.95. The molecule has 24 heavy (non-hydrogen) atoms. The first-order valence-electron chi connectivity index (χ1n) is 8.18. The van der Waals surface area contributed by atoms with Gasteiger partial charge >= 0.3 is 0 Å². The average Bonchev–Trinajstić information content (AvgIpc) is 3.27. The number of thiophene rings is 1. The van der Waals surface area contributed by atoms with Crippen LogP contribution in [0.15, 0.2) is 21.9 Å². The molecule has 2 aromatic heterocycles. The summed E-state index contributed by atoms with van der Waals surface area (Å²) in [5.41, 5.74) is 0.672. The smallest absolute Gasteiger partial charge is 0.236 e. The van der Waals surface area contributed by atoms with Crippen LogP contribution in [0.1, 0.15) is 30.7 Å². The molecule has 3 rings (SSSR count). The second-order valence-electron chi connectivity index (χ2n) is 5.86. The molecule has 1 fully saturated rings. The SMILES string of the molecule is Cc1oc(-c2cccs2)nc1CC(=O)NCCCN1CCCC1=O. The maximum atomic E-state index is 12.1. The van der Waals surface area contributed by atoms with Crippen LogP contribution in [0.3, 0.4) is 0 Å². The molecule has 0 radical (unpaired) electrons. The number of hydrogen-bond donors (Lipinski definition) is 1. The number of amides is 2. The minimum Gasteiger partial charge on any atom is -0.440 e. The quantitative estimate of drug-likeness (QED) is 0.780. The molecule has 0 unspecified atom stereocenters. The van der Waals surface area contributed by atoms with E-state index in [1.165, 1.54) is 0 Å². The van der Waals surface area contributed by atoms with Gasteiger partial charge < -0.3 is 14.6 Å². The van der Waals surface area contributed by atoms with Crippen molar-refractivity contribution in [3.8, 4) is 10.8 Å². The van der Waals surface area contributed by atoms with Gasteiger partial charge in [-0.2, -0.15) is 0 Å². The Bertz CT molecular complexity index is 709. The molecule has 6 nitrogen and oxygen atoms in total. The van der Waals surface area contributed by atoms with Gasteiger partial charge in [-0.1, -0.05) is 6.07 Å². The molecule has 0 atom stereocenters. The molecule has 0 saturated carbocycles. The maximum absolute atomic E-state index is 12.1. The van der Waals surface area contributed by atoms with E-state index in [1.54, 1.807) is 11.3 Å². The maximum Gasteiger partial charge on any atom is 0.236 e. The highest BCUT2D eigenvalue weighted by Crippen LogP contribution is 2.26. The molecule has 2 aromatic rings. The van der Waals surface area contributed by atoms with Gasteiger partial charge in [0, 0.05) is 26.1 Å². The fraction of sp³-hybridized carbons (Fsp3) is 0.471. The largest absolute Gasteiger partial charge is 0.440 e. The topological polar surface area (TPSA) is 75.4 Å². The predicted molar refractivity (Wildman–Crippen MR) is 91.7 cm³/mol. The van der Waals surface area contributed by atoms with Crippen LogP contribution >= 0.6 is 11.3 Å². The van der Waals surface area contributed by atoms with Gasteiger partial charge in [0.2, 0.25) is 17.7 Å². The summed E-state index contributed by atoms with van der Waals surface area (Å²) in [5.74, 6) is 1.39. The van der Waals surface area contributed by atoms with Crippen molar-refractivity contribution in [3.05, 3.63) is 29.0 Å². The van der Waals surface area contributed by atoms with E-state index in [1.807, 2.05) is 29.3 Å². The van der Waals surface area contributed by atoms with Gasteiger partial charge in [0.05, 0.1) is 17.0 Å². The molecular weight excluding hydrogens is 326 g/mol. The molecule has 0 spiro atoms. The first-order valence-corrected chi connectivity index (χ1v) is 9.06. The number of nitrogens with zero attached hydrogens (tertiary/aromatic N) is 2. The zero-order valence-electron chi connectivity index (χ0n) is 13.7. The number of rotatable bonds is 7. The Kier molecular flexibility index (Phi) is 5.30. The number of oxazole rings is 1. The highest BCUT2D eigenvalue weighted by Gasteiger charge is 2.19. The minimum atomic E-state index is -0.0723. The van der Waals surface area contributed by atoms with Crippen molar-refractivity contribution in [3.63, 3.8) is 0 Å². The summed E-state index contributed by atoms with van der Waals surface area (Å²) in [6, 6.07) is 3.89. The van der Waals surface area contributed by atoms with E-state index in [-0.39, 0.29) is 18.2 Å². The number of carbonyl (C=O) groups excluding carboxylic acids is 2. The number of likely N-dealkylation sites (tertiary alicyclic amines) is 1. The van der Waals surface area contributed by atoms with Crippen molar-refractivity contribution in [1.29, 1.82) is 0 Å². The van der Waals surface area contributed by atoms with Crippen molar-refractivity contribution in [2.75, 3.05) is 19.6 Å². The van der Waals surface area contributed by atoms with E-state index in [4.69, 9.17) is 4.42 Å². The van der Waals surface area contributed by atoms with Crippen LogP contribution in [0.5, 0.6) is 0 Å². The van der Waals surface area contributed by atoms with Crippen LogP contribution < -0.4 is 5.32 Å². The number of nitrogens with one attached hydrogen (secondary N) is 1. The highest BCUT2D eigenvalue weighted by atomic mass is 32.1. The fourth-order valence-corrected chi connectivity index (χ4v) is 3.40. The molecule has 0 bridgehead atoms. The number of aryl methyl sites for hydroxylation is 1. The minimum absolute atomic E-state index is 0.0723. The van der Waals surface area contributed by atoms with E-state index >= 15 is 0 Å². The fourth-order valence-electron chi connectivity index (χ4n) is 2.75. The van der Waals surface area contributed by atoms with Crippen molar-refractivity contribution in [2.24, 2.45) is 0 Å². The summed E-state index contributed by atoms with van der Waals surface area (Å²) in [6.07, 6.45) is 2.59. The lowest BCUT2D eigenvalue weighted by atomic mass is 10.2. The molecule has 1 saturated heterocycles. The van der Waals surface area contributed by atoms with Gasteiger partial charge in [-0.15, -0.1) is 11.3 Å². The van der Waals surface area contributed by atoms with E-state index < -0.39 is 0 Å². The third-order valence-electron chi connectivity index (χ3n) is 4.05. The van der Waals surface area contributed by atoms with Crippen molar-refractivity contribution < 1.29 is 14.0 Å². The van der Waals surface area contributed by atoms with E-state index in [9.17, 15) is 9.59 Å². The van der Waals surface area contributed by atoms with Crippen LogP contribution in [0.4, 0.5) is 0 Å². The van der Waals surface area contributed by atoms with Crippen LogP contribution in [0, 0.1) is 6.92 Å². The Balaban J connectivity index is 1.44. The molecule has 1 aliphatic rings. The Morgan fingerprint density at radius 1 is 1.50 bits per heavy atom. The monoisotopic (exact) mass is 347 g/mol. The predicted octanol–water partition coefficient (Wildman–Crippen LogP) is 2.38. The summed E-state index contributed by atoms with van der Waals surface area (Å²) >= 11 is 1.56. The van der Waals surface area contributed by atoms with Gasteiger partial charge in [-0.25, -0.2) is 4.98 Å². The van der Waals surface area contributed by atoms with E-state index in [0.29, 0.717) is 36.9 Å². The number of aromatic nitrogens is 1. The van der Waals surface area contributed by atoms with Gasteiger partial charge in [-0.3, -0.25) is 9.59 Å². The molecule has 3 heterocycles. The molecule has 2 amide bonds. The van der Waals surface area contributed by atoms with E-state index in [0.717, 1.165) is 24.3 Å². The first-order chi connectivity index (χ1) is 11.6. The molecule has 1 aliphatic heterocycles. The van der Waals surface area contributed by atoms with Crippen molar-refractivity contribution in [1.82, 2.24) is 15.2 Å². The summed E-state index contributed by atoms with van der Waals surface area (Å²) < 4.78 is 5.64. The average molecular weight is 347 g/mol. The Hall–Kier alpha value is -2.15. The summed E-state index contributed by atoms with van der Waals surface area (Å²) in [7, 11) is 0. The zero-order chi connectivity index (χ0) is 16.9. The molecule has 0 aliphatic carbocycles. The molecule has 1 N–H and O–H groups in total. The van der Waals surface area contributed by atoms with Crippen LogP contribution in [0.2, 0.25) is 0 Å². The van der Waals surface area contributed by atoms with Crippen LogP contribution in [0.25, 0.3) is 10.8 Å². The third kappa shape index (κ3) is 4.03. The molecule has 7 heteroatoms. The molecule has 128 valence electrons. The standard InChI is InChI=1S/C17H21N3O3S/c1-12-13(19-17(23-12)14-5-3-10-24-14)11-15(21)18-7-4-9-20-8-2-6-16(20)22/h3,5,10H,2,4,6-9,11H2,1H3,(H,18,21). The van der Waals surface area contributed by atoms with Crippen molar-refractivity contribution >= 4 is 23.2 Å². The first kappa shape index (κ1) is 16.7. The normalized spacial score (nSPS) is 14.4. The third-order valence-corrected chi connectivity index (χ3v) is 4.91.